The van der Waals surface area contributed by atoms with E-state index in [0.29, 0.717) is 6.54 Å². The summed E-state index contributed by atoms with van der Waals surface area (Å²) in [4.78, 5) is 2.19. The fourth-order valence-corrected chi connectivity index (χ4v) is 3.08. The SMILES string of the molecule is ONCc1ccc(CN2CCCc3cc(Cl)c(F)cc32)cc1. The first-order valence-electron chi connectivity index (χ1n) is 7.35. The average molecular weight is 321 g/mol. The van der Waals surface area contributed by atoms with Crippen LogP contribution in [0.1, 0.15) is 23.1 Å². The molecule has 0 unspecified atom stereocenters. The van der Waals surface area contributed by atoms with Gasteiger partial charge in [-0.25, -0.2) is 9.87 Å². The van der Waals surface area contributed by atoms with E-state index < -0.39 is 0 Å². The van der Waals surface area contributed by atoms with Gasteiger partial charge >= 0.3 is 0 Å². The minimum atomic E-state index is -0.364. The van der Waals surface area contributed by atoms with Crippen LogP contribution in [0.2, 0.25) is 5.02 Å². The standard InChI is InChI=1S/C17H18ClFN2O/c18-15-8-14-2-1-7-21(17(14)9-16(15)19)11-13-5-3-12(4-6-13)10-20-22/h3-6,8-9,20,22H,1-2,7,10-11H2. The van der Waals surface area contributed by atoms with Gasteiger partial charge in [-0.05, 0) is 41.7 Å². The van der Waals surface area contributed by atoms with Gasteiger partial charge in [-0.3, -0.25) is 0 Å². The lowest BCUT2D eigenvalue weighted by Gasteiger charge is -2.31. The summed E-state index contributed by atoms with van der Waals surface area (Å²) in [5.41, 5.74) is 6.37. The topological polar surface area (TPSA) is 35.5 Å². The Hall–Kier alpha value is -1.62. The van der Waals surface area contributed by atoms with Crippen LogP contribution in [0.4, 0.5) is 10.1 Å². The molecule has 0 amide bonds. The summed E-state index contributed by atoms with van der Waals surface area (Å²) < 4.78 is 13.8. The van der Waals surface area contributed by atoms with Crippen molar-refractivity contribution in [2.75, 3.05) is 11.4 Å². The third kappa shape index (κ3) is 3.24. The number of benzene rings is 2. The van der Waals surface area contributed by atoms with Crippen molar-refractivity contribution in [2.24, 2.45) is 0 Å². The fraction of sp³-hybridized carbons (Fsp3) is 0.294. The molecule has 0 radical (unpaired) electrons. The molecule has 0 bridgehead atoms. The quantitative estimate of drug-likeness (QED) is 0.838. The van der Waals surface area contributed by atoms with Crippen molar-refractivity contribution in [1.82, 2.24) is 5.48 Å². The number of hydroxylamine groups is 1. The number of nitrogens with zero attached hydrogens (tertiary/aromatic N) is 1. The van der Waals surface area contributed by atoms with Crippen molar-refractivity contribution in [3.63, 3.8) is 0 Å². The van der Waals surface area contributed by atoms with Crippen molar-refractivity contribution in [2.45, 2.75) is 25.9 Å². The summed E-state index contributed by atoms with van der Waals surface area (Å²) in [6.45, 7) is 2.07. The Labute approximate surface area is 134 Å². The van der Waals surface area contributed by atoms with Crippen molar-refractivity contribution in [3.05, 3.63) is 63.9 Å². The predicted octanol–water partition coefficient (Wildman–Crippen LogP) is 3.91. The largest absolute Gasteiger partial charge is 0.367 e. The summed E-state index contributed by atoms with van der Waals surface area (Å²) in [6, 6.07) is 11.3. The predicted molar refractivity (Wildman–Crippen MR) is 85.8 cm³/mol. The summed E-state index contributed by atoms with van der Waals surface area (Å²) in [5, 5.41) is 8.90. The molecule has 0 aliphatic carbocycles. The van der Waals surface area contributed by atoms with Crippen LogP contribution in [0.5, 0.6) is 0 Å². The second kappa shape index (κ2) is 6.65. The van der Waals surface area contributed by atoms with E-state index in [4.69, 9.17) is 16.8 Å². The fourth-order valence-electron chi connectivity index (χ4n) is 2.89. The van der Waals surface area contributed by atoms with E-state index in [9.17, 15) is 4.39 Å². The van der Waals surface area contributed by atoms with Gasteiger partial charge in [-0.15, -0.1) is 0 Å². The molecule has 0 aromatic heterocycles. The maximum absolute atomic E-state index is 13.8. The number of hydrogen-bond donors (Lipinski definition) is 2. The lowest BCUT2D eigenvalue weighted by Crippen LogP contribution is -2.29. The Kier molecular flexibility index (Phi) is 4.62. The van der Waals surface area contributed by atoms with Crippen LogP contribution in [-0.2, 0) is 19.5 Å². The molecule has 2 aromatic rings. The maximum Gasteiger partial charge on any atom is 0.143 e. The maximum atomic E-state index is 13.8. The first-order chi connectivity index (χ1) is 10.7. The number of nitrogens with one attached hydrogen (secondary N) is 1. The molecule has 2 aromatic carbocycles. The van der Waals surface area contributed by atoms with Crippen LogP contribution in [0.15, 0.2) is 36.4 Å². The molecule has 0 spiro atoms. The van der Waals surface area contributed by atoms with E-state index in [1.165, 1.54) is 0 Å². The second-order valence-electron chi connectivity index (χ2n) is 5.57. The van der Waals surface area contributed by atoms with Crippen LogP contribution in [0, 0.1) is 5.82 Å². The first-order valence-corrected chi connectivity index (χ1v) is 7.73. The highest BCUT2D eigenvalue weighted by atomic mass is 35.5. The molecule has 116 valence electrons. The van der Waals surface area contributed by atoms with Gasteiger partial charge in [0.1, 0.15) is 5.82 Å². The molecule has 1 aliphatic heterocycles. The van der Waals surface area contributed by atoms with Crippen LogP contribution in [0.25, 0.3) is 0 Å². The van der Waals surface area contributed by atoms with E-state index in [-0.39, 0.29) is 10.8 Å². The average Bonchev–Trinajstić information content (AvgIpc) is 2.51. The second-order valence-corrected chi connectivity index (χ2v) is 5.98. The van der Waals surface area contributed by atoms with Crippen molar-refractivity contribution < 1.29 is 9.60 Å². The highest BCUT2D eigenvalue weighted by molar-refractivity contribution is 6.30. The number of aryl methyl sites for hydroxylation is 1. The summed E-state index contributed by atoms with van der Waals surface area (Å²) >= 11 is 5.88. The molecule has 2 N–H and O–H groups in total. The van der Waals surface area contributed by atoms with Crippen molar-refractivity contribution in [1.29, 1.82) is 0 Å². The van der Waals surface area contributed by atoms with Gasteiger partial charge < -0.3 is 10.1 Å². The molecule has 0 saturated carbocycles. The number of anilines is 1. The molecule has 0 fully saturated rings. The number of fused-ring (bicyclic) bond motifs is 1. The Morgan fingerprint density at radius 1 is 1.18 bits per heavy atom. The first kappa shape index (κ1) is 15.3. The highest BCUT2D eigenvalue weighted by Crippen LogP contribution is 2.32. The molecule has 1 aliphatic rings. The summed E-state index contributed by atoms with van der Waals surface area (Å²) in [6.07, 6.45) is 1.98. The zero-order chi connectivity index (χ0) is 15.5. The van der Waals surface area contributed by atoms with Gasteiger partial charge in [0, 0.05) is 25.3 Å². The number of hydrogen-bond acceptors (Lipinski definition) is 3. The van der Waals surface area contributed by atoms with Crippen LogP contribution >= 0.6 is 11.6 Å². The zero-order valence-corrected chi connectivity index (χ0v) is 12.9. The number of halogens is 2. The highest BCUT2D eigenvalue weighted by Gasteiger charge is 2.19. The molecular weight excluding hydrogens is 303 g/mol. The van der Waals surface area contributed by atoms with Crippen LogP contribution < -0.4 is 10.4 Å². The lowest BCUT2D eigenvalue weighted by molar-refractivity contribution is 0.161. The van der Waals surface area contributed by atoms with E-state index in [0.717, 1.165) is 48.3 Å². The molecule has 22 heavy (non-hydrogen) atoms. The Balaban J connectivity index is 1.81. The molecule has 5 heteroatoms. The van der Waals surface area contributed by atoms with Gasteiger partial charge in [0.2, 0.25) is 0 Å². The summed E-state index contributed by atoms with van der Waals surface area (Å²) in [7, 11) is 0. The molecule has 0 atom stereocenters. The smallest absolute Gasteiger partial charge is 0.143 e. The minimum absolute atomic E-state index is 0.196. The lowest BCUT2D eigenvalue weighted by atomic mass is 10.0. The van der Waals surface area contributed by atoms with Gasteiger partial charge in [0.25, 0.3) is 0 Å². The van der Waals surface area contributed by atoms with E-state index in [2.05, 4.69) is 10.4 Å². The van der Waals surface area contributed by atoms with Gasteiger partial charge in [-0.1, -0.05) is 35.9 Å². The molecule has 0 saturated heterocycles. The van der Waals surface area contributed by atoms with Gasteiger partial charge in [0.15, 0.2) is 0 Å². The third-order valence-corrected chi connectivity index (χ3v) is 4.31. The molecular formula is C17H18ClFN2O. The third-order valence-electron chi connectivity index (χ3n) is 4.02. The Morgan fingerprint density at radius 3 is 2.64 bits per heavy atom. The van der Waals surface area contributed by atoms with E-state index in [1.807, 2.05) is 24.3 Å². The van der Waals surface area contributed by atoms with Crippen molar-refractivity contribution in [3.8, 4) is 0 Å². The molecule has 3 rings (SSSR count). The van der Waals surface area contributed by atoms with Crippen LogP contribution in [-0.4, -0.2) is 11.8 Å². The molecule has 3 nitrogen and oxygen atoms in total. The van der Waals surface area contributed by atoms with E-state index in [1.54, 1.807) is 12.1 Å². The normalized spacial score (nSPS) is 14.0. The Morgan fingerprint density at radius 2 is 1.91 bits per heavy atom. The van der Waals surface area contributed by atoms with Gasteiger partial charge in [0.05, 0.1) is 5.02 Å². The summed E-state index contributed by atoms with van der Waals surface area (Å²) in [5.74, 6) is -0.364. The van der Waals surface area contributed by atoms with Gasteiger partial charge in [-0.2, -0.15) is 0 Å². The van der Waals surface area contributed by atoms with Crippen molar-refractivity contribution >= 4 is 17.3 Å². The zero-order valence-electron chi connectivity index (χ0n) is 12.1. The molecule has 1 heterocycles. The monoisotopic (exact) mass is 320 g/mol. The Bertz CT molecular complexity index is 660. The van der Waals surface area contributed by atoms with Crippen LogP contribution in [0.3, 0.4) is 0 Å². The minimum Gasteiger partial charge on any atom is -0.367 e. The number of rotatable bonds is 4. The van der Waals surface area contributed by atoms with E-state index >= 15 is 0 Å².